The van der Waals surface area contributed by atoms with Crippen LogP contribution >= 0.6 is 12.4 Å². The normalized spacial score (nSPS) is 13.7. The second-order valence-electron chi connectivity index (χ2n) is 5.72. The maximum Gasteiger partial charge on any atom is 0.237 e. The van der Waals surface area contributed by atoms with Crippen LogP contribution in [-0.2, 0) is 11.2 Å². The average Bonchev–Trinajstić information content (AvgIpc) is 2.88. The molecule has 2 atom stereocenters. The Labute approximate surface area is 136 Å². The zero-order valence-electron chi connectivity index (χ0n) is 12.9. The van der Waals surface area contributed by atoms with Crippen molar-refractivity contribution in [2.45, 2.75) is 32.4 Å². The number of fused-ring (bicyclic) bond motifs is 1. The first-order chi connectivity index (χ1) is 10.0. The number of aromatic nitrogens is 1. The van der Waals surface area contributed by atoms with Gasteiger partial charge in [0.25, 0.3) is 0 Å². The number of carbonyl (C=O) groups is 1. The van der Waals surface area contributed by atoms with Crippen LogP contribution in [0.1, 0.15) is 19.4 Å². The molecule has 0 fully saturated rings. The number of aliphatic hydroxyl groups excluding tert-OH is 1. The Morgan fingerprint density at radius 3 is 2.68 bits per heavy atom. The fourth-order valence-corrected chi connectivity index (χ4v) is 2.33. The Kier molecular flexibility index (Phi) is 6.87. The van der Waals surface area contributed by atoms with Gasteiger partial charge in [0.05, 0.1) is 18.7 Å². The van der Waals surface area contributed by atoms with Crippen molar-refractivity contribution in [3.63, 3.8) is 0 Å². The van der Waals surface area contributed by atoms with Gasteiger partial charge in [0, 0.05) is 17.1 Å². The number of benzene rings is 1. The van der Waals surface area contributed by atoms with Crippen LogP contribution in [0.5, 0.6) is 0 Å². The molecular formula is C16H24ClN3O2. The van der Waals surface area contributed by atoms with Gasteiger partial charge in [-0.05, 0) is 24.0 Å². The Hall–Kier alpha value is -1.56. The van der Waals surface area contributed by atoms with Crippen molar-refractivity contribution in [3.05, 3.63) is 36.0 Å². The van der Waals surface area contributed by atoms with Crippen LogP contribution in [0.2, 0.25) is 0 Å². The lowest BCUT2D eigenvalue weighted by molar-refractivity contribution is -0.124. The first-order valence-electron chi connectivity index (χ1n) is 7.24. The van der Waals surface area contributed by atoms with E-state index in [0.717, 1.165) is 16.5 Å². The highest BCUT2D eigenvalue weighted by atomic mass is 35.5. The maximum atomic E-state index is 12.0. The van der Waals surface area contributed by atoms with Gasteiger partial charge in [-0.1, -0.05) is 32.0 Å². The molecule has 1 aromatic heterocycles. The highest BCUT2D eigenvalue weighted by Crippen LogP contribution is 2.19. The summed E-state index contributed by atoms with van der Waals surface area (Å²) in [5, 5.41) is 13.4. The molecule has 5 nitrogen and oxygen atoms in total. The molecule has 0 aliphatic rings. The summed E-state index contributed by atoms with van der Waals surface area (Å²) in [5.74, 6) is -0.152. The van der Waals surface area contributed by atoms with Crippen molar-refractivity contribution in [1.29, 1.82) is 0 Å². The lowest BCUT2D eigenvalue weighted by Crippen LogP contribution is -2.49. The summed E-state index contributed by atoms with van der Waals surface area (Å²) < 4.78 is 0. The number of aliphatic hydroxyl groups is 1. The Morgan fingerprint density at radius 2 is 2.05 bits per heavy atom. The number of H-pyrrole nitrogens is 1. The summed E-state index contributed by atoms with van der Waals surface area (Å²) in [5.41, 5.74) is 7.95. The largest absolute Gasteiger partial charge is 0.394 e. The average molecular weight is 326 g/mol. The number of nitrogens with one attached hydrogen (secondary N) is 2. The van der Waals surface area contributed by atoms with E-state index in [9.17, 15) is 9.90 Å². The molecule has 0 saturated carbocycles. The second-order valence-corrected chi connectivity index (χ2v) is 5.72. The van der Waals surface area contributed by atoms with Crippen LogP contribution in [-0.4, -0.2) is 34.7 Å². The standard InChI is InChI=1S/C16H23N3O2.ClH/c1-10(2)15(17)16(21)19-12(9-20)7-11-8-18-14-6-4-3-5-13(11)14;/h3-6,8,10,12,15,18,20H,7,9,17H2,1-2H3,(H,19,21);1H/t12?,15-;/m0./s1. The summed E-state index contributed by atoms with van der Waals surface area (Å²) in [6.45, 7) is 3.69. The molecule has 0 aliphatic heterocycles. The van der Waals surface area contributed by atoms with Gasteiger partial charge in [-0.2, -0.15) is 0 Å². The van der Waals surface area contributed by atoms with E-state index in [1.165, 1.54) is 0 Å². The third-order valence-electron chi connectivity index (χ3n) is 3.73. The monoisotopic (exact) mass is 325 g/mol. The Bertz CT molecular complexity index is 612. The van der Waals surface area contributed by atoms with Gasteiger partial charge in [0.1, 0.15) is 0 Å². The number of nitrogens with two attached hydrogens (primary N) is 1. The third kappa shape index (κ3) is 4.22. The number of para-hydroxylation sites is 1. The van der Waals surface area contributed by atoms with E-state index in [-0.39, 0.29) is 36.9 Å². The van der Waals surface area contributed by atoms with Gasteiger partial charge >= 0.3 is 0 Å². The number of amides is 1. The number of rotatable bonds is 6. The first-order valence-corrected chi connectivity index (χ1v) is 7.24. The van der Waals surface area contributed by atoms with Crippen LogP contribution in [0.15, 0.2) is 30.5 Å². The fourth-order valence-electron chi connectivity index (χ4n) is 2.33. The molecule has 1 unspecified atom stereocenters. The first kappa shape index (κ1) is 18.5. The molecule has 2 aromatic rings. The van der Waals surface area contributed by atoms with Crippen LogP contribution in [0.3, 0.4) is 0 Å². The molecule has 5 N–H and O–H groups in total. The molecule has 0 saturated heterocycles. The van der Waals surface area contributed by atoms with Gasteiger partial charge < -0.3 is 21.1 Å². The highest BCUT2D eigenvalue weighted by molar-refractivity contribution is 5.85. The summed E-state index contributed by atoms with van der Waals surface area (Å²) >= 11 is 0. The van der Waals surface area contributed by atoms with Crippen molar-refractivity contribution in [2.75, 3.05) is 6.61 Å². The Morgan fingerprint density at radius 1 is 1.36 bits per heavy atom. The molecule has 1 amide bonds. The van der Waals surface area contributed by atoms with Gasteiger partial charge in [-0.25, -0.2) is 0 Å². The van der Waals surface area contributed by atoms with Gasteiger partial charge in [-0.15, -0.1) is 12.4 Å². The maximum absolute atomic E-state index is 12.0. The highest BCUT2D eigenvalue weighted by Gasteiger charge is 2.21. The second kappa shape index (κ2) is 8.17. The molecule has 122 valence electrons. The summed E-state index contributed by atoms with van der Waals surface area (Å²) in [4.78, 5) is 15.2. The van der Waals surface area contributed by atoms with Crippen LogP contribution in [0.25, 0.3) is 10.9 Å². The molecule has 1 heterocycles. The number of halogens is 1. The van der Waals surface area contributed by atoms with E-state index >= 15 is 0 Å². The van der Waals surface area contributed by atoms with Crippen LogP contribution in [0.4, 0.5) is 0 Å². The minimum atomic E-state index is -0.554. The Balaban J connectivity index is 0.00000242. The molecule has 2 rings (SSSR count). The zero-order chi connectivity index (χ0) is 15.4. The molecule has 1 aromatic carbocycles. The van der Waals surface area contributed by atoms with Crippen molar-refractivity contribution in [2.24, 2.45) is 11.7 Å². The SMILES string of the molecule is CC(C)[C@H](N)C(=O)NC(CO)Cc1c[nH]c2ccccc12.Cl. The smallest absolute Gasteiger partial charge is 0.237 e. The van der Waals surface area contributed by atoms with E-state index in [4.69, 9.17) is 5.73 Å². The topological polar surface area (TPSA) is 91.1 Å². The molecule has 0 aliphatic carbocycles. The van der Waals surface area contributed by atoms with E-state index in [0.29, 0.717) is 6.42 Å². The minimum Gasteiger partial charge on any atom is -0.394 e. The summed E-state index contributed by atoms with van der Waals surface area (Å²) in [6, 6.07) is 7.08. The predicted molar refractivity (Wildman–Crippen MR) is 91.1 cm³/mol. The molecule has 0 bridgehead atoms. The minimum absolute atomic E-state index is 0. The zero-order valence-corrected chi connectivity index (χ0v) is 13.7. The number of hydrogen-bond donors (Lipinski definition) is 4. The number of carbonyl (C=O) groups excluding carboxylic acids is 1. The third-order valence-corrected chi connectivity index (χ3v) is 3.73. The van der Waals surface area contributed by atoms with E-state index in [1.54, 1.807) is 0 Å². The summed E-state index contributed by atoms with van der Waals surface area (Å²) in [7, 11) is 0. The number of hydrogen-bond acceptors (Lipinski definition) is 3. The van der Waals surface area contributed by atoms with Crippen molar-refractivity contribution < 1.29 is 9.90 Å². The van der Waals surface area contributed by atoms with Crippen molar-refractivity contribution in [1.82, 2.24) is 10.3 Å². The molecule has 6 heteroatoms. The van der Waals surface area contributed by atoms with Crippen LogP contribution in [0, 0.1) is 5.92 Å². The predicted octanol–water partition coefficient (Wildman–Crippen LogP) is 1.59. The lowest BCUT2D eigenvalue weighted by atomic mass is 10.0. The van der Waals surface area contributed by atoms with E-state index < -0.39 is 6.04 Å². The van der Waals surface area contributed by atoms with Crippen molar-refractivity contribution in [3.8, 4) is 0 Å². The van der Waals surface area contributed by atoms with Crippen LogP contribution < -0.4 is 11.1 Å². The van der Waals surface area contributed by atoms with E-state index in [1.807, 2.05) is 44.3 Å². The van der Waals surface area contributed by atoms with E-state index in [2.05, 4.69) is 10.3 Å². The van der Waals surface area contributed by atoms with Gasteiger partial charge in [0.15, 0.2) is 0 Å². The molecule has 0 radical (unpaired) electrons. The lowest BCUT2D eigenvalue weighted by Gasteiger charge is -2.21. The summed E-state index contributed by atoms with van der Waals surface area (Å²) in [6.07, 6.45) is 2.49. The molecule has 22 heavy (non-hydrogen) atoms. The van der Waals surface area contributed by atoms with Crippen molar-refractivity contribution >= 4 is 29.2 Å². The quantitative estimate of drug-likeness (QED) is 0.650. The molecule has 0 spiro atoms. The fraction of sp³-hybridized carbons (Fsp3) is 0.438. The number of aromatic amines is 1. The molecular weight excluding hydrogens is 302 g/mol. The van der Waals surface area contributed by atoms with Gasteiger partial charge in [-0.3, -0.25) is 4.79 Å². The van der Waals surface area contributed by atoms with Gasteiger partial charge in [0.2, 0.25) is 5.91 Å².